The van der Waals surface area contributed by atoms with Crippen molar-refractivity contribution in [1.82, 2.24) is 29.7 Å². The third-order valence-electron chi connectivity index (χ3n) is 5.72. The number of nitrogens with zero attached hydrogens (tertiary/aromatic N) is 7. The van der Waals surface area contributed by atoms with E-state index in [1.807, 2.05) is 24.4 Å². The number of piperidine rings is 1. The van der Waals surface area contributed by atoms with Gasteiger partial charge in [-0.3, -0.25) is 0 Å². The van der Waals surface area contributed by atoms with Crippen molar-refractivity contribution in [2.45, 2.75) is 33.2 Å². The van der Waals surface area contributed by atoms with E-state index in [0.717, 1.165) is 60.5 Å². The zero-order chi connectivity index (χ0) is 21.2. The first-order chi connectivity index (χ1) is 15.2. The highest BCUT2D eigenvalue weighted by Gasteiger charge is 2.24. The van der Waals surface area contributed by atoms with Crippen molar-refractivity contribution in [2.75, 3.05) is 24.6 Å². The lowest BCUT2D eigenvalue weighted by Gasteiger charge is -2.33. The van der Waals surface area contributed by atoms with Crippen LogP contribution in [0.2, 0.25) is 0 Å². The molecule has 0 N–H and O–H groups in total. The molecule has 4 aromatic rings. The lowest BCUT2D eigenvalue weighted by molar-refractivity contribution is 0.227. The number of aryl methyl sites for hydroxylation is 2. The van der Waals surface area contributed by atoms with Crippen LogP contribution in [0.3, 0.4) is 0 Å². The van der Waals surface area contributed by atoms with Gasteiger partial charge in [0, 0.05) is 25.6 Å². The Kier molecular flexibility index (Phi) is 5.50. The zero-order valence-corrected chi connectivity index (χ0v) is 18.5. The second-order valence-electron chi connectivity index (χ2n) is 7.83. The molecule has 9 heteroatoms. The number of fused-ring (bicyclic) bond motifs is 1. The van der Waals surface area contributed by atoms with Gasteiger partial charge in [-0.05, 0) is 38.3 Å². The Morgan fingerprint density at radius 1 is 1.23 bits per heavy atom. The summed E-state index contributed by atoms with van der Waals surface area (Å²) < 4.78 is 8.19. The van der Waals surface area contributed by atoms with Crippen LogP contribution in [0.25, 0.3) is 22.1 Å². The largest absolute Gasteiger partial charge is 0.493 e. The second kappa shape index (κ2) is 8.58. The van der Waals surface area contributed by atoms with E-state index < -0.39 is 0 Å². The Balaban J connectivity index is 1.35. The van der Waals surface area contributed by atoms with Crippen LogP contribution in [-0.2, 0) is 6.54 Å². The minimum atomic E-state index is 0.457. The predicted molar refractivity (Wildman–Crippen MR) is 122 cm³/mol. The van der Waals surface area contributed by atoms with Crippen LogP contribution in [0, 0.1) is 12.8 Å². The van der Waals surface area contributed by atoms with Crippen molar-refractivity contribution in [3.63, 3.8) is 0 Å². The molecule has 0 radical (unpaired) electrons. The average molecular weight is 436 g/mol. The minimum absolute atomic E-state index is 0.457. The predicted octanol–water partition coefficient (Wildman–Crippen LogP) is 3.97. The Bertz CT molecular complexity index is 1170. The van der Waals surface area contributed by atoms with Crippen molar-refractivity contribution in [3.8, 4) is 16.6 Å². The molecule has 0 aliphatic carbocycles. The summed E-state index contributed by atoms with van der Waals surface area (Å²) in [4.78, 5) is 16.5. The number of ether oxygens (including phenoxy) is 1. The summed E-state index contributed by atoms with van der Waals surface area (Å²) in [5, 5.41) is 8.90. The van der Waals surface area contributed by atoms with Crippen molar-refractivity contribution >= 4 is 28.4 Å². The summed E-state index contributed by atoms with van der Waals surface area (Å²) in [6.45, 7) is 7.52. The fourth-order valence-corrected chi connectivity index (χ4v) is 4.66. The molecular formula is C22H25N7OS. The van der Waals surface area contributed by atoms with Gasteiger partial charge in [-0.15, -0.1) is 10.2 Å². The van der Waals surface area contributed by atoms with Crippen LogP contribution in [0.15, 0.2) is 36.0 Å². The lowest BCUT2D eigenvalue weighted by atomic mass is 9.99. The SMILES string of the molecule is CCn1c(-c2nncs2)nc2ncc(N3CCCC(COc4ccccc4C)C3)nc21. The van der Waals surface area contributed by atoms with Crippen LogP contribution < -0.4 is 9.64 Å². The number of imidazole rings is 1. The Hall–Kier alpha value is -3.07. The normalized spacial score (nSPS) is 16.7. The Labute approximate surface area is 185 Å². The monoisotopic (exact) mass is 435 g/mol. The minimum Gasteiger partial charge on any atom is -0.493 e. The number of para-hydroxylation sites is 1. The molecule has 1 atom stereocenters. The van der Waals surface area contributed by atoms with E-state index in [4.69, 9.17) is 9.72 Å². The maximum atomic E-state index is 6.12. The number of rotatable bonds is 6. The van der Waals surface area contributed by atoms with Crippen LogP contribution >= 0.6 is 11.3 Å². The number of benzene rings is 1. The molecule has 31 heavy (non-hydrogen) atoms. The number of aromatic nitrogens is 6. The zero-order valence-electron chi connectivity index (χ0n) is 17.7. The summed E-state index contributed by atoms with van der Waals surface area (Å²) in [6, 6.07) is 8.18. The molecule has 160 valence electrons. The highest BCUT2D eigenvalue weighted by molar-refractivity contribution is 7.12. The summed E-state index contributed by atoms with van der Waals surface area (Å²) in [6.07, 6.45) is 4.11. The maximum Gasteiger partial charge on any atom is 0.198 e. The summed E-state index contributed by atoms with van der Waals surface area (Å²) in [5.74, 6) is 3.10. The maximum absolute atomic E-state index is 6.12. The van der Waals surface area contributed by atoms with E-state index in [1.54, 1.807) is 5.51 Å². The van der Waals surface area contributed by atoms with Gasteiger partial charge < -0.3 is 14.2 Å². The van der Waals surface area contributed by atoms with E-state index in [1.165, 1.54) is 16.9 Å². The van der Waals surface area contributed by atoms with Crippen LogP contribution in [0.4, 0.5) is 5.82 Å². The van der Waals surface area contributed by atoms with Crippen LogP contribution in [0.5, 0.6) is 5.75 Å². The highest BCUT2D eigenvalue weighted by Crippen LogP contribution is 2.27. The van der Waals surface area contributed by atoms with Gasteiger partial charge in [-0.2, -0.15) is 0 Å². The van der Waals surface area contributed by atoms with Crippen LogP contribution in [-0.4, -0.2) is 49.4 Å². The molecule has 1 saturated heterocycles. The van der Waals surface area contributed by atoms with Gasteiger partial charge in [0.2, 0.25) is 0 Å². The molecule has 1 unspecified atom stereocenters. The van der Waals surface area contributed by atoms with E-state index in [-0.39, 0.29) is 0 Å². The quantitative estimate of drug-likeness (QED) is 0.453. The first-order valence-electron chi connectivity index (χ1n) is 10.7. The Morgan fingerprint density at radius 2 is 2.13 bits per heavy atom. The molecule has 1 aromatic carbocycles. The molecule has 5 rings (SSSR count). The van der Waals surface area contributed by atoms with Gasteiger partial charge in [-0.1, -0.05) is 29.5 Å². The molecule has 1 aliphatic rings. The van der Waals surface area contributed by atoms with E-state index in [2.05, 4.69) is 49.5 Å². The molecule has 4 heterocycles. The highest BCUT2D eigenvalue weighted by atomic mass is 32.1. The van der Waals surface area contributed by atoms with E-state index in [9.17, 15) is 0 Å². The third-order valence-corrected chi connectivity index (χ3v) is 6.41. The summed E-state index contributed by atoms with van der Waals surface area (Å²) in [5.41, 5.74) is 4.33. The third kappa shape index (κ3) is 3.97. The van der Waals surface area contributed by atoms with Gasteiger partial charge in [0.15, 0.2) is 22.1 Å². The molecule has 0 amide bonds. The number of anilines is 1. The first-order valence-corrected chi connectivity index (χ1v) is 11.5. The first kappa shape index (κ1) is 19.9. The van der Waals surface area contributed by atoms with E-state index in [0.29, 0.717) is 18.2 Å². The van der Waals surface area contributed by atoms with Crippen molar-refractivity contribution in [1.29, 1.82) is 0 Å². The summed E-state index contributed by atoms with van der Waals surface area (Å²) in [7, 11) is 0. The molecule has 0 bridgehead atoms. The molecule has 8 nitrogen and oxygen atoms in total. The molecular weight excluding hydrogens is 410 g/mol. The van der Waals surface area contributed by atoms with Crippen molar-refractivity contribution < 1.29 is 4.74 Å². The fourth-order valence-electron chi connectivity index (χ4n) is 4.11. The van der Waals surface area contributed by atoms with Gasteiger partial charge >= 0.3 is 0 Å². The smallest absolute Gasteiger partial charge is 0.198 e. The van der Waals surface area contributed by atoms with E-state index >= 15 is 0 Å². The van der Waals surface area contributed by atoms with Crippen molar-refractivity contribution in [2.24, 2.45) is 5.92 Å². The molecule has 0 saturated carbocycles. The lowest BCUT2D eigenvalue weighted by Crippen LogP contribution is -2.38. The molecule has 1 aliphatic heterocycles. The fraction of sp³-hybridized carbons (Fsp3) is 0.409. The number of hydrogen-bond donors (Lipinski definition) is 0. The van der Waals surface area contributed by atoms with Crippen molar-refractivity contribution in [3.05, 3.63) is 41.5 Å². The van der Waals surface area contributed by atoms with Gasteiger partial charge in [-0.25, -0.2) is 15.0 Å². The van der Waals surface area contributed by atoms with Gasteiger partial charge in [0.05, 0.1) is 12.8 Å². The van der Waals surface area contributed by atoms with Crippen LogP contribution in [0.1, 0.15) is 25.3 Å². The number of hydrogen-bond acceptors (Lipinski definition) is 8. The standard InChI is InChI=1S/C22H25N7OS/c1-3-29-20-19(26-21(29)22-27-24-14-31-22)23-11-18(25-20)28-10-6-8-16(12-28)13-30-17-9-5-4-7-15(17)2/h4-5,7,9,11,14,16H,3,6,8,10,12-13H2,1-2H3. The second-order valence-corrected chi connectivity index (χ2v) is 8.66. The average Bonchev–Trinajstić information content (AvgIpc) is 3.46. The Morgan fingerprint density at radius 3 is 2.94 bits per heavy atom. The summed E-state index contributed by atoms with van der Waals surface area (Å²) >= 11 is 1.47. The molecule has 1 fully saturated rings. The topological polar surface area (TPSA) is 81.9 Å². The molecule has 0 spiro atoms. The van der Waals surface area contributed by atoms with Gasteiger partial charge in [0.25, 0.3) is 0 Å². The van der Waals surface area contributed by atoms with Gasteiger partial charge in [0.1, 0.15) is 17.1 Å². The molecule has 3 aromatic heterocycles.